The van der Waals surface area contributed by atoms with E-state index in [1.54, 1.807) is 6.07 Å². The normalized spacial score (nSPS) is 12.4. The van der Waals surface area contributed by atoms with Crippen molar-refractivity contribution >= 4 is 0 Å². The minimum Gasteiger partial charge on any atom is -0.313 e. The maximum absolute atomic E-state index is 12.7. The van der Waals surface area contributed by atoms with Gasteiger partial charge in [0.25, 0.3) is 0 Å². The Kier molecular flexibility index (Phi) is 6.28. The highest BCUT2D eigenvalue weighted by Gasteiger charge is 2.30. The highest BCUT2D eigenvalue weighted by Crippen LogP contribution is 2.29. The molecule has 136 valence electrons. The lowest BCUT2D eigenvalue weighted by Gasteiger charge is -2.19. The summed E-state index contributed by atoms with van der Waals surface area (Å²) >= 11 is 0. The lowest BCUT2D eigenvalue weighted by atomic mass is 9.87. The van der Waals surface area contributed by atoms with Crippen LogP contribution in [0.4, 0.5) is 13.2 Å². The van der Waals surface area contributed by atoms with Crippen LogP contribution in [0.3, 0.4) is 0 Å². The second kappa shape index (κ2) is 8.05. The van der Waals surface area contributed by atoms with Crippen molar-refractivity contribution in [2.75, 3.05) is 6.54 Å². The molecule has 0 saturated carbocycles. The molecule has 0 spiro atoms. The van der Waals surface area contributed by atoms with Gasteiger partial charge in [-0.25, -0.2) is 0 Å². The number of hydrogen-bond acceptors (Lipinski definition) is 1. The Morgan fingerprint density at radius 1 is 0.840 bits per heavy atom. The van der Waals surface area contributed by atoms with Gasteiger partial charge in [-0.15, -0.1) is 0 Å². The molecule has 1 N–H and O–H groups in total. The smallest absolute Gasteiger partial charge is 0.313 e. The summed E-state index contributed by atoms with van der Waals surface area (Å²) in [5.74, 6) is 0. The predicted octanol–water partition coefficient (Wildman–Crippen LogP) is 5.73. The zero-order chi connectivity index (χ0) is 18.5. The molecule has 0 fully saturated rings. The molecule has 4 heteroatoms. The molecule has 0 unspecified atom stereocenters. The van der Waals surface area contributed by atoms with Gasteiger partial charge in [-0.2, -0.15) is 13.2 Å². The molecule has 0 saturated heterocycles. The molecule has 0 atom stereocenters. The van der Waals surface area contributed by atoms with Crippen molar-refractivity contribution < 1.29 is 13.2 Å². The fourth-order valence-corrected chi connectivity index (χ4v) is 2.68. The van der Waals surface area contributed by atoms with Crippen LogP contribution in [-0.2, 0) is 24.6 Å². The van der Waals surface area contributed by atoms with Gasteiger partial charge in [-0.05, 0) is 47.6 Å². The summed E-state index contributed by atoms with van der Waals surface area (Å²) in [6, 6.07) is 14.1. The quantitative estimate of drug-likeness (QED) is 0.657. The van der Waals surface area contributed by atoms with Gasteiger partial charge < -0.3 is 5.32 Å². The summed E-state index contributed by atoms with van der Waals surface area (Å²) in [5, 5.41) is 3.35. The zero-order valence-electron chi connectivity index (χ0n) is 15.1. The number of aryl methyl sites for hydroxylation is 1. The molecule has 0 aliphatic rings. The van der Waals surface area contributed by atoms with Crippen molar-refractivity contribution in [1.82, 2.24) is 5.32 Å². The molecule has 0 aromatic heterocycles. The van der Waals surface area contributed by atoms with E-state index in [0.717, 1.165) is 31.1 Å². The Morgan fingerprint density at radius 2 is 1.52 bits per heavy atom. The first-order valence-corrected chi connectivity index (χ1v) is 8.62. The Labute approximate surface area is 148 Å². The maximum Gasteiger partial charge on any atom is 0.416 e. The van der Waals surface area contributed by atoms with Gasteiger partial charge in [0.1, 0.15) is 0 Å². The minimum atomic E-state index is -4.27. The van der Waals surface area contributed by atoms with Gasteiger partial charge in [-0.1, -0.05) is 63.2 Å². The third kappa shape index (κ3) is 6.20. The first-order valence-electron chi connectivity index (χ1n) is 8.62. The standard InChI is InChI=1S/C21H26F3N/c1-20(2,3)18-11-9-17(10-12-18)15-25-13-5-7-16-6-4-8-19(14-16)21(22,23)24/h4,6,8-12,14,25H,5,7,13,15H2,1-3H3. The fourth-order valence-electron chi connectivity index (χ4n) is 2.68. The molecular formula is C21H26F3N. The summed E-state index contributed by atoms with van der Waals surface area (Å²) in [5.41, 5.74) is 2.83. The molecule has 2 aromatic carbocycles. The lowest BCUT2D eigenvalue weighted by molar-refractivity contribution is -0.137. The van der Waals surface area contributed by atoms with Crippen molar-refractivity contribution in [3.05, 3.63) is 70.8 Å². The molecule has 2 aromatic rings. The van der Waals surface area contributed by atoms with Crippen LogP contribution in [0.25, 0.3) is 0 Å². The second-order valence-corrected chi connectivity index (χ2v) is 7.43. The van der Waals surface area contributed by atoms with E-state index in [0.29, 0.717) is 6.42 Å². The van der Waals surface area contributed by atoms with Crippen molar-refractivity contribution in [1.29, 1.82) is 0 Å². The molecule has 0 aliphatic carbocycles. The molecule has 0 amide bonds. The van der Waals surface area contributed by atoms with Gasteiger partial charge in [0.15, 0.2) is 0 Å². The summed E-state index contributed by atoms with van der Waals surface area (Å²) in [6.07, 6.45) is -2.82. The Bertz CT molecular complexity index is 667. The average Bonchev–Trinajstić information content (AvgIpc) is 2.54. The first kappa shape index (κ1) is 19.5. The molecule has 1 nitrogen and oxygen atoms in total. The summed E-state index contributed by atoms with van der Waals surface area (Å²) in [6.45, 7) is 8.11. The van der Waals surface area contributed by atoms with Gasteiger partial charge in [0, 0.05) is 6.54 Å². The van der Waals surface area contributed by atoms with Gasteiger partial charge >= 0.3 is 6.18 Å². The number of rotatable bonds is 6. The van der Waals surface area contributed by atoms with E-state index in [1.807, 2.05) is 0 Å². The molecule has 2 rings (SSSR count). The highest BCUT2D eigenvalue weighted by atomic mass is 19.4. The number of benzene rings is 2. The average molecular weight is 349 g/mol. The molecule has 0 aliphatic heterocycles. The maximum atomic E-state index is 12.7. The molecule has 25 heavy (non-hydrogen) atoms. The summed E-state index contributed by atoms with van der Waals surface area (Å²) < 4.78 is 38.1. The highest BCUT2D eigenvalue weighted by molar-refractivity contribution is 5.27. The summed E-state index contributed by atoms with van der Waals surface area (Å²) in [4.78, 5) is 0. The van der Waals surface area contributed by atoms with Crippen molar-refractivity contribution in [2.45, 2.75) is 51.7 Å². The van der Waals surface area contributed by atoms with Crippen molar-refractivity contribution in [3.63, 3.8) is 0 Å². The van der Waals surface area contributed by atoms with E-state index >= 15 is 0 Å². The SMILES string of the molecule is CC(C)(C)c1ccc(CNCCCc2cccc(C(F)(F)F)c2)cc1. The fraction of sp³-hybridized carbons (Fsp3) is 0.429. The largest absolute Gasteiger partial charge is 0.416 e. The van der Waals surface area contributed by atoms with E-state index < -0.39 is 11.7 Å². The second-order valence-electron chi connectivity index (χ2n) is 7.43. The van der Waals surface area contributed by atoms with Crippen LogP contribution in [0.5, 0.6) is 0 Å². The van der Waals surface area contributed by atoms with Crippen LogP contribution in [0.1, 0.15) is 49.4 Å². The topological polar surface area (TPSA) is 12.0 Å². The predicted molar refractivity (Wildman–Crippen MR) is 96.6 cm³/mol. The lowest BCUT2D eigenvalue weighted by Crippen LogP contribution is -2.16. The number of alkyl halides is 3. The van der Waals surface area contributed by atoms with Crippen LogP contribution in [-0.4, -0.2) is 6.54 Å². The van der Waals surface area contributed by atoms with Gasteiger partial charge in [0.2, 0.25) is 0 Å². The zero-order valence-corrected chi connectivity index (χ0v) is 15.1. The number of hydrogen-bond donors (Lipinski definition) is 1. The molecule has 0 heterocycles. The first-order chi connectivity index (χ1) is 11.7. The van der Waals surface area contributed by atoms with Crippen molar-refractivity contribution in [2.24, 2.45) is 0 Å². The van der Waals surface area contributed by atoms with Crippen molar-refractivity contribution in [3.8, 4) is 0 Å². The van der Waals surface area contributed by atoms with Crippen LogP contribution >= 0.6 is 0 Å². The Hall–Kier alpha value is -1.81. The number of halogens is 3. The van der Waals surface area contributed by atoms with Crippen LogP contribution in [0, 0.1) is 0 Å². The van der Waals surface area contributed by atoms with Gasteiger partial charge in [-0.3, -0.25) is 0 Å². The van der Waals surface area contributed by atoms with Crippen LogP contribution < -0.4 is 5.32 Å². The monoisotopic (exact) mass is 349 g/mol. The summed E-state index contributed by atoms with van der Waals surface area (Å²) in [7, 11) is 0. The van der Waals surface area contributed by atoms with Crippen LogP contribution in [0.2, 0.25) is 0 Å². The Balaban J connectivity index is 1.75. The van der Waals surface area contributed by atoms with E-state index in [2.05, 4.69) is 50.4 Å². The third-order valence-electron chi connectivity index (χ3n) is 4.22. The molecule has 0 bridgehead atoms. The van der Waals surface area contributed by atoms with E-state index in [9.17, 15) is 13.2 Å². The van der Waals surface area contributed by atoms with E-state index in [-0.39, 0.29) is 5.41 Å². The molecular weight excluding hydrogens is 323 g/mol. The third-order valence-corrected chi connectivity index (χ3v) is 4.22. The molecule has 0 radical (unpaired) electrons. The van der Waals surface area contributed by atoms with Gasteiger partial charge in [0.05, 0.1) is 5.56 Å². The van der Waals surface area contributed by atoms with E-state index in [1.165, 1.54) is 23.3 Å². The minimum absolute atomic E-state index is 0.150. The van der Waals surface area contributed by atoms with E-state index in [4.69, 9.17) is 0 Å². The van der Waals surface area contributed by atoms with Crippen LogP contribution in [0.15, 0.2) is 48.5 Å². The number of nitrogens with one attached hydrogen (secondary N) is 1. The Morgan fingerprint density at radius 3 is 2.12 bits per heavy atom.